The monoisotopic (exact) mass is 463 g/mol. The van der Waals surface area contributed by atoms with Crippen LogP contribution in [-0.4, -0.2) is 29.9 Å². The topological polar surface area (TPSA) is 89.4 Å². The summed E-state index contributed by atoms with van der Waals surface area (Å²) in [6, 6.07) is 14.4. The van der Waals surface area contributed by atoms with Gasteiger partial charge in [-0.05, 0) is 49.6 Å². The first-order valence-electron chi connectivity index (χ1n) is 11.3. The fourth-order valence-corrected chi connectivity index (χ4v) is 4.74. The Bertz CT molecular complexity index is 1470. The number of benzene rings is 2. The minimum Gasteiger partial charge on any atom is -0.493 e. The molecule has 7 nitrogen and oxygen atoms in total. The lowest BCUT2D eigenvalue weighted by Gasteiger charge is -2.18. The molecule has 4 aromatic rings. The predicted molar refractivity (Wildman–Crippen MR) is 126 cm³/mol. The molecule has 0 spiro atoms. The molecule has 0 unspecified atom stereocenters. The molecule has 0 radical (unpaired) electrons. The second kappa shape index (κ2) is 7.90. The van der Waals surface area contributed by atoms with Crippen LogP contribution in [-0.2, 0) is 30.8 Å². The molecule has 0 aliphatic carbocycles. The molecular weight excluding hydrogens is 437 g/mol. The minimum atomic E-state index is -1.01. The maximum absolute atomic E-state index is 13.4. The van der Waals surface area contributed by atoms with Crippen LogP contribution in [0.15, 0.2) is 53.3 Å². The number of hydrogen-bond donors (Lipinski definition) is 2. The van der Waals surface area contributed by atoms with E-state index in [0.29, 0.717) is 25.2 Å². The van der Waals surface area contributed by atoms with Crippen LogP contribution >= 0.6 is 0 Å². The molecule has 1 aliphatic rings. The summed E-state index contributed by atoms with van der Waals surface area (Å²) in [5, 5.41) is 21.4. The lowest BCUT2D eigenvalue weighted by Crippen LogP contribution is -2.31. The lowest BCUT2D eigenvalue weighted by atomic mass is 9.90. The molecular formula is C26H26FN3O4. The highest BCUT2D eigenvalue weighted by Gasteiger charge is 2.31. The highest BCUT2D eigenvalue weighted by Crippen LogP contribution is 2.35. The number of aromatic hydroxyl groups is 1. The number of aliphatic carboxylic acids is 1. The number of fused-ring (bicyclic) bond motifs is 4. The Morgan fingerprint density at radius 1 is 1.06 bits per heavy atom. The van der Waals surface area contributed by atoms with Crippen LogP contribution in [0.4, 0.5) is 4.39 Å². The number of imidazole rings is 1. The number of carboxylic acid groups (broad SMARTS) is 1. The van der Waals surface area contributed by atoms with Crippen molar-refractivity contribution in [3.63, 3.8) is 0 Å². The first-order valence-corrected chi connectivity index (χ1v) is 11.3. The Balaban J connectivity index is 1.56. The van der Waals surface area contributed by atoms with Gasteiger partial charge in [0, 0.05) is 36.1 Å². The fourth-order valence-electron chi connectivity index (χ4n) is 4.74. The third kappa shape index (κ3) is 3.50. The third-order valence-corrected chi connectivity index (χ3v) is 6.94. The van der Waals surface area contributed by atoms with Crippen molar-refractivity contribution in [1.82, 2.24) is 13.7 Å². The molecule has 0 amide bonds. The Morgan fingerprint density at radius 3 is 2.47 bits per heavy atom. The van der Waals surface area contributed by atoms with Gasteiger partial charge < -0.3 is 14.8 Å². The van der Waals surface area contributed by atoms with E-state index in [9.17, 15) is 24.2 Å². The molecule has 34 heavy (non-hydrogen) atoms. The molecule has 0 saturated carbocycles. The second-order valence-corrected chi connectivity index (χ2v) is 9.56. The Morgan fingerprint density at radius 2 is 1.76 bits per heavy atom. The van der Waals surface area contributed by atoms with Crippen LogP contribution in [0, 0.1) is 11.2 Å². The smallest absolute Gasteiger partial charge is 0.331 e. The van der Waals surface area contributed by atoms with Gasteiger partial charge >= 0.3 is 11.7 Å². The summed E-state index contributed by atoms with van der Waals surface area (Å²) in [6.45, 7) is 4.15. The molecule has 176 valence electrons. The molecule has 2 N–H and O–H groups in total. The summed E-state index contributed by atoms with van der Waals surface area (Å²) < 4.78 is 18.4. The lowest BCUT2D eigenvalue weighted by molar-refractivity contribution is -0.147. The number of rotatable bonds is 6. The number of aromatic nitrogens is 3. The van der Waals surface area contributed by atoms with Crippen LogP contribution in [0.3, 0.4) is 0 Å². The Kier molecular flexibility index (Phi) is 5.11. The van der Waals surface area contributed by atoms with Crippen molar-refractivity contribution in [3.8, 4) is 5.88 Å². The summed E-state index contributed by atoms with van der Waals surface area (Å²) in [5.74, 6) is -1.34. The van der Waals surface area contributed by atoms with Gasteiger partial charge in [0.15, 0.2) is 0 Å². The minimum absolute atomic E-state index is 0.104. The van der Waals surface area contributed by atoms with Gasteiger partial charge in [-0.15, -0.1) is 0 Å². The van der Waals surface area contributed by atoms with E-state index in [4.69, 9.17) is 0 Å². The van der Waals surface area contributed by atoms with Crippen LogP contribution < -0.4 is 5.69 Å². The highest BCUT2D eigenvalue weighted by atomic mass is 19.1. The molecule has 0 saturated heterocycles. The fraction of sp³-hybridized carbons (Fsp3) is 0.308. The second-order valence-electron chi connectivity index (χ2n) is 9.56. The van der Waals surface area contributed by atoms with Gasteiger partial charge in [-0.2, -0.15) is 0 Å². The zero-order chi connectivity index (χ0) is 24.2. The van der Waals surface area contributed by atoms with Gasteiger partial charge in [0.25, 0.3) is 0 Å². The Labute approximate surface area is 195 Å². The maximum Gasteiger partial charge on any atom is 0.331 e. The summed E-state index contributed by atoms with van der Waals surface area (Å²) in [4.78, 5) is 24.7. The summed E-state index contributed by atoms with van der Waals surface area (Å²) in [6.07, 6.45) is 0.606. The van der Waals surface area contributed by atoms with Gasteiger partial charge in [0.1, 0.15) is 5.82 Å². The molecule has 0 fully saturated rings. The number of nitrogens with zero attached hydrogens (tertiary/aromatic N) is 3. The van der Waals surface area contributed by atoms with Gasteiger partial charge in [0.05, 0.1) is 17.7 Å². The van der Waals surface area contributed by atoms with Crippen LogP contribution in [0.2, 0.25) is 0 Å². The highest BCUT2D eigenvalue weighted by molar-refractivity contribution is 5.86. The van der Waals surface area contributed by atoms with Crippen LogP contribution in [0.5, 0.6) is 5.88 Å². The largest absolute Gasteiger partial charge is 0.493 e. The molecule has 0 bridgehead atoms. The van der Waals surface area contributed by atoms with E-state index in [1.165, 1.54) is 16.7 Å². The zero-order valence-corrected chi connectivity index (χ0v) is 19.1. The quantitative estimate of drug-likeness (QED) is 0.399. The van der Waals surface area contributed by atoms with Crippen LogP contribution in [0.1, 0.15) is 42.8 Å². The Hall–Kier alpha value is -3.81. The zero-order valence-electron chi connectivity index (χ0n) is 19.1. The van der Waals surface area contributed by atoms with E-state index in [-0.39, 0.29) is 30.4 Å². The average Bonchev–Trinajstić information content (AvgIpc) is 3.24. The molecule has 8 heteroatoms. The van der Waals surface area contributed by atoms with Crippen molar-refractivity contribution in [2.75, 3.05) is 0 Å². The van der Waals surface area contributed by atoms with Crippen LogP contribution in [0.25, 0.3) is 10.9 Å². The maximum atomic E-state index is 13.4. The normalized spacial score (nSPS) is 13.1. The van der Waals surface area contributed by atoms with E-state index in [1.54, 1.807) is 30.5 Å². The van der Waals surface area contributed by atoms with Gasteiger partial charge in [-0.25, -0.2) is 9.18 Å². The predicted octanol–water partition coefficient (Wildman–Crippen LogP) is 3.95. The van der Waals surface area contributed by atoms with Crippen molar-refractivity contribution in [2.24, 2.45) is 5.41 Å². The summed E-state index contributed by atoms with van der Waals surface area (Å²) in [5.41, 5.74) is 3.16. The van der Waals surface area contributed by atoms with E-state index in [2.05, 4.69) is 4.57 Å². The van der Waals surface area contributed by atoms with Crippen molar-refractivity contribution in [1.29, 1.82) is 0 Å². The number of hydrogen-bond acceptors (Lipinski definition) is 3. The first-order chi connectivity index (χ1) is 16.2. The van der Waals surface area contributed by atoms with E-state index < -0.39 is 11.4 Å². The molecule has 5 rings (SSSR count). The van der Waals surface area contributed by atoms with Crippen molar-refractivity contribution < 1.29 is 19.4 Å². The van der Waals surface area contributed by atoms with Crippen molar-refractivity contribution in [3.05, 3.63) is 87.3 Å². The average molecular weight is 464 g/mol. The third-order valence-electron chi connectivity index (χ3n) is 6.94. The molecule has 1 aliphatic heterocycles. The molecule has 0 atom stereocenters. The summed E-state index contributed by atoms with van der Waals surface area (Å²) in [7, 11) is 0. The number of carboxylic acids is 1. The van der Waals surface area contributed by atoms with E-state index in [1.807, 2.05) is 24.3 Å². The number of para-hydroxylation sites is 1. The standard InChI is InChI=1S/C26H26FN3O4/c1-26(2,24(32)33)11-12-28-23(31)21-13-19-18-5-3-4-6-20(18)29(22(19)15-30(21)25(28)34)14-16-7-9-17(27)10-8-16/h3-10,31H,11-15H2,1-2H3,(H,32,33). The van der Waals surface area contributed by atoms with Gasteiger partial charge in [0.2, 0.25) is 5.88 Å². The van der Waals surface area contributed by atoms with Gasteiger partial charge in [-0.1, -0.05) is 30.3 Å². The molecule has 2 aromatic heterocycles. The molecule has 2 aromatic carbocycles. The van der Waals surface area contributed by atoms with Gasteiger partial charge in [-0.3, -0.25) is 13.9 Å². The summed E-state index contributed by atoms with van der Waals surface area (Å²) >= 11 is 0. The van der Waals surface area contributed by atoms with Crippen molar-refractivity contribution >= 4 is 16.9 Å². The SMILES string of the molecule is CC(C)(CCn1c(O)c2n(c1=O)Cc1c(c3ccccc3n1Cc1ccc(F)cc1)C2)C(=O)O. The number of halogens is 1. The van der Waals surface area contributed by atoms with E-state index >= 15 is 0 Å². The van der Waals surface area contributed by atoms with E-state index in [0.717, 1.165) is 27.7 Å². The molecule has 3 heterocycles. The number of carbonyl (C=O) groups is 1. The first kappa shape index (κ1) is 22.0. The van der Waals surface area contributed by atoms with Crippen molar-refractivity contribution in [2.45, 2.75) is 46.3 Å².